The molecule has 0 radical (unpaired) electrons. The van der Waals surface area contributed by atoms with E-state index in [9.17, 15) is 22.8 Å². The maximum absolute atomic E-state index is 13.1. The highest BCUT2D eigenvalue weighted by molar-refractivity contribution is 7.92. The number of nitrogen functional groups attached to an aromatic ring is 1. The predicted molar refractivity (Wildman–Crippen MR) is 134 cm³/mol. The first-order chi connectivity index (χ1) is 17.6. The number of hydrogen-bond donors (Lipinski definition) is 4. The molecule has 0 aliphatic carbocycles. The molecule has 37 heavy (non-hydrogen) atoms. The van der Waals surface area contributed by atoms with Crippen molar-refractivity contribution in [2.45, 2.75) is 4.90 Å². The van der Waals surface area contributed by atoms with Gasteiger partial charge in [0.1, 0.15) is 5.82 Å². The summed E-state index contributed by atoms with van der Waals surface area (Å²) in [5.41, 5.74) is 5.66. The number of hydrogen-bond acceptors (Lipinski definition) is 10. The molecule has 0 spiro atoms. The predicted octanol–water partition coefficient (Wildman–Crippen LogP) is 1.69. The zero-order chi connectivity index (χ0) is 26.3. The van der Waals surface area contributed by atoms with E-state index in [2.05, 4.69) is 30.3 Å². The number of halogens is 1. The van der Waals surface area contributed by atoms with Crippen molar-refractivity contribution in [3.8, 4) is 5.69 Å². The minimum absolute atomic E-state index is 0.00272. The number of carbonyl (C=O) groups excluding carboxylic acids is 2. The normalized spacial score (nSPS) is 12.7. The molecule has 2 aromatic heterocycles. The second-order valence-corrected chi connectivity index (χ2v) is 9.64. The number of anilines is 4. The topological polar surface area (TPSA) is 191 Å². The van der Waals surface area contributed by atoms with Gasteiger partial charge in [-0.15, -0.1) is 0 Å². The van der Waals surface area contributed by atoms with Gasteiger partial charge in [0.05, 0.1) is 21.7 Å². The van der Waals surface area contributed by atoms with E-state index in [1.807, 2.05) is 6.07 Å². The van der Waals surface area contributed by atoms with E-state index in [1.54, 1.807) is 24.3 Å². The van der Waals surface area contributed by atoms with Crippen LogP contribution in [0.2, 0.25) is 5.28 Å². The van der Waals surface area contributed by atoms with Gasteiger partial charge in [0.2, 0.25) is 17.2 Å². The number of imide groups is 1. The van der Waals surface area contributed by atoms with Crippen LogP contribution < -0.4 is 26.6 Å². The zero-order valence-electron chi connectivity index (χ0n) is 18.5. The van der Waals surface area contributed by atoms with Crippen LogP contribution in [0.25, 0.3) is 5.69 Å². The van der Waals surface area contributed by atoms with E-state index in [4.69, 9.17) is 17.3 Å². The van der Waals surface area contributed by atoms with Crippen molar-refractivity contribution >= 4 is 56.8 Å². The minimum Gasteiger partial charge on any atom is -0.384 e. The third-order valence-corrected chi connectivity index (χ3v) is 6.70. The second-order valence-electron chi connectivity index (χ2n) is 7.62. The van der Waals surface area contributed by atoms with Crippen LogP contribution in [-0.4, -0.2) is 39.8 Å². The van der Waals surface area contributed by atoms with Gasteiger partial charge in [0, 0.05) is 11.8 Å². The Labute approximate surface area is 213 Å². The van der Waals surface area contributed by atoms with Gasteiger partial charge >= 0.3 is 0 Å². The van der Waals surface area contributed by atoms with Gasteiger partial charge in [-0.3, -0.25) is 24.3 Å². The van der Waals surface area contributed by atoms with Crippen molar-refractivity contribution in [3.05, 3.63) is 87.4 Å². The molecule has 15 heteroatoms. The average Bonchev–Trinajstić information content (AvgIpc) is 3.12. The summed E-state index contributed by atoms with van der Waals surface area (Å²) in [6.45, 7) is 0. The molecule has 5 rings (SSSR count). The van der Waals surface area contributed by atoms with Gasteiger partial charge in [-0.05, 0) is 41.9 Å². The molecule has 2 amide bonds. The van der Waals surface area contributed by atoms with E-state index in [1.165, 1.54) is 18.2 Å². The molecule has 1 aliphatic heterocycles. The van der Waals surface area contributed by atoms with Crippen molar-refractivity contribution in [3.63, 3.8) is 0 Å². The van der Waals surface area contributed by atoms with Crippen LogP contribution in [0.15, 0.2) is 70.4 Å². The monoisotopic (exact) mass is 538 g/mol. The summed E-state index contributed by atoms with van der Waals surface area (Å²) in [6, 6.07) is 15.1. The molecule has 4 aromatic rings. The number of nitrogens with zero attached hydrogens (tertiary/aromatic N) is 4. The Morgan fingerprint density at radius 3 is 2.38 bits per heavy atom. The van der Waals surface area contributed by atoms with Crippen LogP contribution in [0.4, 0.5) is 23.4 Å². The number of pyridine rings is 1. The fourth-order valence-electron chi connectivity index (χ4n) is 3.62. The lowest BCUT2D eigenvalue weighted by Crippen LogP contribution is -2.24. The lowest BCUT2D eigenvalue weighted by atomic mass is 10.1. The molecule has 186 valence electrons. The van der Waals surface area contributed by atoms with Crippen molar-refractivity contribution in [1.82, 2.24) is 24.8 Å². The van der Waals surface area contributed by atoms with Gasteiger partial charge in [0.25, 0.3) is 27.4 Å². The molecular formula is C22H15ClN8O5S. The molecule has 0 atom stereocenters. The first-order valence-corrected chi connectivity index (χ1v) is 12.3. The number of para-hydroxylation sites is 1. The van der Waals surface area contributed by atoms with Crippen LogP contribution in [0, 0.1) is 0 Å². The molecule has 3 heterocycles. The number of carbonyl (C=O) groups is 2. The van der Waals surface area contributed by atoms with Gasteiger partial charge in [-0.2, -0.15) is 15.0 Å². The van der Waals surface area contributed by atoms with Crippen molar-refractivity contribution in [2.24, 2.45) is 0 Å². The smallest absolute Gasteiger partial charge is 0.264 e. The summed E-state index contributed by atoms with van der Waals surface area (Å²) >= 11 is 5.95. The highest BCUT2D eigenvalue weighted by Gasteiger charge is 2.32. The number of aromatic nitrogens is 4. The van der Waals surface area contributed by atoms with Crippen molar-refractivity contribution in [2.75, 3.05) is 15.8 Å². The lowest BCUT2D eigenvalue weighted by molar-refractivity contribution is 0.0880. The van der Waals surface area contributed by atoms with E-state index in [0.717, 1.165) is 16.7 Å². The molecule has 2 aromatic carbocycles. The van der Waals surface area contributed by atoms with E-state index in [-0.39, 0.29) is 44.7 Å². The molecule has 13 nitrogen and oxygen atoms in total. The first-order valence-electron chi connectivity index (χ1n) is 10.4. The van der Waals surface area contributed by atoms with Gasteiger partial charge in [0.15, 0.2) is 0 Å². The molecule has 0 unspecified atom stereocenters. The largest absolute Gasteiger partial charge is 0.384 e. The van der Waals surface area contributed by atoms with Gasteiger partial charge in [-0.1, -0.05) is 24.3 Å². The molecular weight excluding hydrogens is 524 g/mol. The van der Waals surface area contributed by atoms with Gasteiger partial charge < -0.3 is 11.1 Å². The average molecular weight is 539 g/mol. The Hall–Kier alpha value is -4.82. The fraction of sp³-hybridized carbons (Fsp3) is 0. The number of benzene rings is 2. The fourth-order valence-corrected chi connectivity index (χ4v) is 4.76. The minimum atomic E-state index is -4.29. The summed E-state index contributed by atoms with van der Waals surface area (Å²) in [5, 5.41) is 4.70. The highest BCUT2D eigenvalue weighted by atomic mass is 35.5. The number of amides is 2. The summed E-state index contributed by atoms with van der Waals surface area (Å²) in [6.07, 6.45) is 0. The Morgan fingerprint density at radius 1 is 0.892 bits per heavy atom. The maximum Gasteiger partial charge on any atom is 0.264 e. The molecule has 1 aliphatic rings. The SMILES string of the molecule is Nc1c2c(cc(=O)n1-c1cccc(S(=O)(=O)Nc3nc(Cl)nc(Nc4ccccc4)n3)c1)C(=O)NC2=O. The molecule has 5 N–H and O–H groups in total. The Bertz CT molecular complexity index is 1760. The highest BCUT2D eigenvalue weighted by Crippen LogP contribution is 2.25. The molecule has 0 saturated heterocycles. The standard InChI is InChI=1S/C22H15ClN8O5S/c23-20-27-21(25-11-5-2-1-3-6-11)29-22(28-20)30-37(35,36)13-8-4-7-12(9-13)31-15(32)10-14-16(17(31)24)19(34)26-18(14)33/h1-10H,24H2,(H,26,33,34)(H2,25,27,28,29,30). The van der Waals surface area contributed by atoms with Crippen molar-refractivity contribution in [1.29, 1.82) is 0 Å². The lowest BCUT2D eigenvalue weighted by Gasteiger charge is -2.13. The van der Waals surface area contributed by atoms with Crippen LogP contribution in [0.5, 0.6) is 0 Å². The quantitative estimate of drug-likeness (QED) is 0.262. The number of nitrogens with two attached hydrogens (primary N) is 1. The van der Waals surface area contributed by atoms with E-state index < -0.39 is 27.4 Å². The third kappa shape index (κ3) is 4.57. The number of rotatable bonds is 6. The number of sulfonamides is 1. The Morgan fingerprint density at radius 2 is 1.62 bits per heavy atom. The van der Waals surface area contributed by atoms with Crippen LogP contribution in [-0.2, 0) is 10.0 Å². The van der Waals surface area contributed by atoms with Gasteiger partial charge in [-0.25, -0.2) is 13.1 Å². The zero-order valence-corrected chi connectivity index (χ0v) is 20.0. The number of fused-ring (bicyclic) bond motifs is 1. The second kappa shape index (κ2) is 9.00. The van der Waals surface area contributed by atoms with Crippen LogP contribution in [0.1, 0.15) is 20.7 Å². The van der Waals surface area contributed by atoms with E-state index in [0.29, 0.717) is 5.69 Å². The number of nitrogens with one attached hydrogen (secondary N) is 3. The summed E-state index contributed by atoms with van der Waals surface area (Å²) < 4.78 is 29.4. The molecule has 0 fully saturated rings. The Balaban J connectivity index is 1.49. The summed E-state index contributed by atoms with van der Waals surface area (Å²) in [4.78, 5) is 48.2. The Kier molecular flexibility index (Phi) is 5.81. The van der Waals surface area contributed by atoms with E-state index >= 15 is 0 Å². The van der Waals surface area contributed by atoms with Crippen LogP contribution >= 0.6 is 11.6 Å². The van der Waals surface area contributed by atoms with Crippen molar-refractivity contribution < 1.29 is 18.0 Å². The summed E-state index contributed by atoms with van der Waals surface area (Å²) in [5.74, 6) is -2.16. The third-order valence-electron chi connectivity index (χ3n) is 5.20. The first kappa shape index (κ1) is 23.9. The summed E-state index contributed by atoms with van der Waals surface area (Å²) in [7, 11) is -4.29. The van der Waals surface area contributed by atoms with Crippen LogP contribution in [0.3, 0.4) is 0 Å². The molecule has 0 bridgehead atoms. The molecule has 0 saturated carbocycles. The maximum atomic E-state index is 13.1.